The minimum atomic E-state index is 0.696. The van der Waals surface area contributed by atoms with E-state index in [1.54, 1.807) is 0 Å². The topological polar surface area (TPSA) is 12.4 Å². The molecule has 0 radical (unpaired) electrons. The number of aryl methyl sites for hydroxylation is 2. The second-order valence-electron chi connectivity index (χ2n) is 10.8. The van der Waals surface area contributed by atoms with E-state index in [-0.39, 0.29) is 0 Å². The summed E-state index contributed by atoms with van der Waals surface area (Å²) in [5.41, 5.74) is 16.4. The van der Waals surface area contributed by atoms with Crippen LogP contribution in [-0.2, 0) is 6.54 Å². The lowest BCUT2D eigenvalue weighted by Crippen LogP contribution is -2.01. The Bertz CT molecular complexity index is 1630. The highest BCUT2D eigenvalue weighted by Gasteiger charge is 2.13. The van der Waals surface area contributed by atoms with E-state index >= 15 is 0 Å². The Morgan fingerprint density at radius 1 is 0.800 bits per heavy atom. The highest BCUT2D eigenvalue weighted by Crippen LogP contribution is 2.35. The van der Waals surface area contributed by atoms with Crippen molar-refractivity contribution < 1.29 is 0 Å². The number of aliphatic imine (C=N–C) groups is 1. The Hall–Kier alpha value is -4.23. The molecule has 0 aliphatic heterocycles. The molecule has 0 bridgehead atoms. The van der Waals surface area contributed by atoms with E-state index in [0.717, 1.165) is 30.5 Å². The molecule has 1 aliphatic carbocycles. The van der Waals surface area contributed by atoms with Crippen molar-refractivity contribution in [3.05, 3.63) is 143 Å². The molecule has 1 aliphatic rings. The fraction of sp³-hybridized carbons (Fsp3) is 0.205. The molecule has 0 N–H and O–H groups in total. The van der Waals surface area contributed by atoms with Gasteiger partial charge in [0.05, 0.1) is 6.54 Å². The predicted molar refractivity (Wildman–Crippen MR) is 175 cm³/mol. The molecule has 0 atom stereocenters. The van der Waals surface area contributed by atoms with Crippen LogP contribution in [0.5, 0.6) is 0 Å². The van der Waals surface area contributed by atoms with Crippen LogP contribution < -0.4 is 0 Å². The van der Waals surface area contributed by atoms with E-state index in [9.17, 15) is 0 Å². The van der Waals surface area contributed by atoms with Gasteiger partial charge in [0.25, 0.3) is 0 Å². The van der Waals surface area contributed by atoms with E-state index in [1.165, 1.54) is 61.2 Å². The lowest BCUT2D eigenvalue weighted by atomic mass is 9.88. The highest BCUT2D eigenvalue weighted by atomic mass is 14.7. The van der Waals surface area contributed by atoms with Crippen molar-refractivity contribution in [3.8, 4) is 22.3 Å². The molecule has 200 valence electrons. The molecule has 4 aromatic carbocycles. The SMILES string of the molecule is C=Cc1cc(C(CC)=NCc2ccccc2)ccc1-c1cc(-c2ccc(C3=C(C)CCC=C3)c(C)c2)ccc1C. The number of nitrogens with zero attached hydrogens (tertiary/aromatic N) is 1. The quantitative estimate of drug-likeness (QED) is 0.204. The van der Waals surface area contributed by atoms with Crippen molar-refractivity contribution in [3.63, 3.8) is 0 Å². The zero-order valence-electron chi connectivity index (χ0n) is 24.3. The normalized spacial score (nSPS) is 13.6. The van der Waals surface area contributed by atoms with Crippen molar-refractivity contribution in [2.45, 2.75) is 53.5 Å². The summed E-state index contributed by atoms with van der Waals surface area (Å²) in [6.45, 7) is 13.7. The molecule has 0 heterocycles. The van der Waals surface area contributed by atoms with E-state index in [0.29, 0.717) is 6.54 Å². The van der Waals surface area contributed by atoms with Gasteiger partial charge in [0.2, 0.25) is 0 Å². The first-order chi connectivity index (χ1) is 19.5. The zero-order valence-corrected chi connectivity index (χ0v) is 24.3. The lowest BCUT2D eigenvalue weighted by Gasteiger charge is -2.17. The molecule has 0 spiro atoms. The van der Waals surface area contributed by atoms with Gasteiger partial charge in [-0.05, 0) is 113 Å². The van der Waals surface area contributed by atoms with Crippen molar-refractivity contribution in [2.75, 3.05) is 0 Å². The van der Waals surface area contributed by atoms with Crippen LogP contribution in [0.15, 0.2) is 114 Å². The summed E-state index contributed by atoms with van der Waals surface area (Å²) >= 11 is 0. The number of rotatable bonds is 8. The summed E-state index contributed by atoms with van der Waals surface area (Å²) in [5.74, 6) is 0. The molecule has 0 amide bonds. The Kier molecular flexibility index (Phi) is 8.41. The van der Waals surface area contributed by atoms with Crippen LogP contribution in [0.25, 0.3) is 33.9 Å². The molecule has 40 heavy (non-hydrogen) atoms. The smallest absolute Gasteiger partial charge is 0.0643 e. The summed E-state index contributed by atoms with van der Waals surface area (Å²) in [6.07, 6.45) is 9.75. The Morgan fingerprint density at radius 3 is 2.27 bits per heavy atom. The van der Waals surface area contributed by atoms with Gasteiger partial charge in [-0.1, -0.05) is 110 Å². The van der Waals surface area contributed by atoms with E-state index in [2.05, 4.69) is 125 Å². The van der Waals surface area contributed by atoms with Crippen molar-refractivity contribution in [1.29, 1.82) is 0 Å². The number of benzene rings is 4. The lowest BCUT2D eigenvalue weighted by molar-refractivity contribution is 0.967. The van der Waals surface area contributed by atoms with E-state index < -0.39 is 0 Å². The third kappa shape index (κ3) is 5.84. The second-order valence-corrected chi connectivity index (χ2v) is 10.8. The molecule has 1 nitrogen and oxygen atoms in total. The summed E-state index contributed by atoms with van der Waals surface area (Å²) in [5, 5.41) is 0. The van der Waals surface area contributed by atoms with Gasteiger partial charge in [-0.3, -0.25) is 4.99 Å². The molecule has 4 aromatic rings. The third-order valence-electron chi connectivity index (χ3n) is 8.04. The van der Waals surface area contributed by atoms with Crippen LogP contribution in [-0.4, -0.2) is 5.71 Å². The standard InChI is InChI=1S/C39H39N/c1-6-31-24-34(39(7-2)40-26-30-14-9-8-10-15-30)20-22-37(31)38-25-33(18-17-28(38)4)32-19-21-36(29(5)23-32)35-16-12-11-13-27(35)3/h6,8-10,12,14-25H,1,7,11,13,26H2,2-5H3. The highest BCUT2D eigenvalue weighted by molar-refractivity contribution is 6.01. The summed E-state index contributed by atoms with van der Waals surface area (Å²) in [7, 11) is 0. The van der Waals surface area contributed by atoms with Gasteiger partial charge in [-0.15, -0.1) is 0 Å². The molecule has 0 unspecified atom stereocenters. The van der Waals surface area contributed by atoms with Crippen LogP contribution >= 0.6 is 0 Å². The van der Waals surface area contributed by atoms with Crippen LogP contribution in [0.3, 0.4) is 0 Å². The van der Waals surface area contributed by atoms with Crippen molar-refractivity contribution >= 4 is 17.4 Å². The molecule has 0 saturated heterocycles. The largest absolute Gasteiger partial charge is 0.284 e. The minimum Gasteiger partial charge on any atom is -0.284 e. The van der Waals surface area contributed by atoms with Gasteiger partial charge in [-0.25, -0.2) is 0 Å². The van der Waals surface area contributed by atoms with Gasteiger partial charge in [0, 0.05) is 5.71 Å². The molecule has 1 heteroatoms. The molecule has 0 fully saturated rings. The van der Waals surface area contributed by atoms with Gasteiger partial charge in [0.15, 0.2) is 0 Å². The molecular weight excluding hydrogens is 482 g/mol. The fourth-order valence-electron chi connectivity index (χ4n) is 5.67. The van der Waals surface area contributed by atoms with Crippen molar-refractivity contribution in [2.24, 2.45) is 4.99 Å². The van der Waals surface area contributed by atoms with Gasteiger partial charge in [0.1, 0.15) is 0 Å². The number of hydrogen-bond acceptors (Lipinski definition) is 1. The van der Waals surface area contributed by atoms with Gasteiger partial charge < -0.3 is 0 Å². The summed E-state index contributed by atoms with van der Waals surface area (Å²) < 4.78 is 0. The zero-order chi connectivity index (χ0) is 28.1. The van der Waals surface area contributed by atoms with Crippen molar-refractivity contribution in [1.82, 2.24) is 0 Å². The van der Waals surface area contributed by atoms with Gasteiger partial charge >= 0.3 is 0 Å². The summed E-state index contributed by atoms with van der Waals surface area (Å²) in [4.78, 5) is 4.96. The number of hydrogen-bond donors (Lipinski definition) is 0. The van der Waals surface area contributed by atoms with Crippen LogP contribution in [0, 0.1) is 13.8 Å². The maximum atomic E-state index is 4.96. The third-order valence-corrected chi connectivity index (χ3v) is 8.04. The maximum Gasteiger partial charge on any atom is 0.0643 e. The van der Waals surface area contributed by atoms with E-state index in [4.69, 9.17) is 4.99 Å². The molecule has 0 aromatic heterocycles. The second kappa shape index (κ2) is 12.3. The summed E-state index contributed by atoms with van der Waals surface area (Å²) in [6, 6.07) is 30.9. The van der Waals surface area contributed by atoms with Crippen LogP contribution in [0.2, 0.25) is 0 Å². The Labute approximate surface area is 240 Å². The average Bonchev–Trinajstić information content (AvgIpc) is 2.98. The van der Waals surface area contributed by atoms with Gasteiger partial charge in [-0.2, -0.15) is 0 Å². The first-order valence-corrected chi connectivity index (χ1v) is 14.4. The van der Waals surface area contributed by atoms with Crippen LogP contribution in [0.1, 0.15) is 66.5 Å². The van der Waals surface area contributed by atoms with E-state index in [1.807, 2.05) is 12.1 Å². The molecule has 5 rings (SSSR count). The average molecular weight is 522 g/mol. The number of allylic oxidation sites excluding steroid dienone is 4. The fourth-order valence-corrected chi connectivity index (χ4v) is 5.67. The minimum absolute atomic E-state index is 0.696. The van der Waals surface area contributed by atoms with Crippen LogP contribution in [0.4, 0.5) is 0 Å². The maximum absolute atomic E-state index is 4.96. The Balaban J connectivity index is 1.48. The Morgan fingerprint density at radius 2 is 1.55 bits per heavy atom. The first kappa shape index (κ1) is 27.3. The predicted octanol–water partition coefficient (Wildman–Crippen LogP) is 10.8. The monoisotopic (exact) mass is 521 g/mol. The first-order valence-electron chi connectivity index (χ1n) is 14.4. The molecular formula is C39H39N. The molecule has 0 saturated carbocycles.